The first-order valence-electron chi connectivity index (χ1n) is 4.54. The maximum absolute atomic E-state index is 11.5. The van der Waals surface area contributed by atoms with Gasteiger partial charge < -0.3 is 0 Å². The summed E-state index contributed by atoms with van der Waals surface area (Å²) in [5.74, 6) is 0. The van der Waals surface area contributed by atoms with Crippen LogP contribution in [0.1, 0.15) is 10.4 Å². The standard InChI is InChI=1S/C12H9NO2/c14-9-10-4-6-11(7-5-10)13-8-2-1-3-12(13)15/h1-9H. The van der Waals surface area contributed by atoms with Crippen LogP contribution in [0.5, 0.6) is 0 Å². The molecule has 0 fully saturated rings. The highest BCUT2D eigenvalue weighted by Crippen LogP contribution is 2.05. The Morgan fingerprint density at radius 3 is 2.33 bits per heavy atom. The quantitative estimate of drug-likeness (QED) is 0.690. The third kappa shape index (κ3) is 1.86. The number of nitrogens with zero attached hydrogens (tertiary/aromatic N) is 1. The molecular formula is C12H9NO2. The second-order valence-electron chi connectivity index (χ2n) is 3.12. The van der Waals surface area contributed by atoms with E-state index in [1.165, 1.54) is 10.6 Å². The molecule has 0 saturated heterocycles. The van der Waals surface area contributed by atoms with Gasteiger partial charge in [0.2, 0.25) is 0 Å². The molecule has 1 aromatic carbocycles. The maximum atomic E-state index is 11.5. The average Bonchev–Trinajstić information content (AvgIpc) is 2.30. The molecule has 0 radical (unpaired) electrons. The van der Waals surface area contributed by atoms with Gasteiger partial charge in [-0.25, -0.2) is 0 Å². The molecule has 15 heavy (non-hydrogen) atoms. The first-order chi connectivity index (χ1) is 7.31. The van der Waals surface area contributed by atoms with E-state index in [4.69, 9.17) is 0 Å². The predicted octanol–water partition coefficient (Wildman–Crippen LogP) is 1.65. The van der Waals surface area contributed by atoms with Gasteiger partial charge in [0, 0.05) is 23.5 Å². The van der Waals surface area contributed by atoms with Gasteiger partial charge in [0.05, 0.1) is 0 Å². The Bertz CT molecular complexity index is 526. The topological polar surface area (TPSA) is 39.1 Å². The molecule has 0 N–H and O–H groups in total. The molecule has 0 aliphatic rings. The van der Waals surface area contributed by atoms with Crippen molar-refractivity contribution in [2.75, 3.05) is 0 Å². The molecule has 0 aliphatic heterocycles. The Balaban J connectivity index is 2.51. The Kier molecular flexibility index (Phi) is 2.46. The lowest BCUT2D eigenvalue weighted by atomic mass is 10.2. The SMILES string of the molecule is O=Cc1ccc(-n2ccccc2=O)cc1. The molecule has 0 spiro atoms. The van der Waals surface area contributed by atoms with E-state index in [0.29, 0.717) is 5.56 Å². The van der Waals surface area contributed by atoms with E-state index in [1.54, 1.807) is 42.6 Å². The van der Waals surface area contributed by atoms with Gasteiger partial charge >= 0.3 is 0 Å². The zero-order chi connectivity index (χ0) is 10.7. The van der Waals surface area contributed by atoms with Gasteiger partial charge in [-0.1, -0.05) is 6.07 Å². The summed E-state index contributed by atoms with van der Waals surface area (Å²) in [7, 11) is 0. The van der Waals surface area contributed by atoms with E-state index in [9.17, 15) is 9.59 Å². The van der Waals surface area contributed by atoms with Crippen LogP contribution in [-0.2, 0) is 0 Å². The lowest BCUT2D eigenvalue weighted by molar-refractivity contribution is 0.112. The monoisotopic (exact) mass is 199 g/mol. The molecule has 0 unspecified atom stereocenters. The Morgan fingerprint density at radius 1 is 1.00 bits per heavy atom. The van der Waals surface area contributed by atoms with E-state index >= 15 is 0 Å². The van der Waals surface area contributed by atoms with Crippen molar-refractivity contribution in [1.29, 1.82) is 0 Å². The first-order valence-corrected chi connectivity index (χ1v) is 4.54. The van der Waals surface area contributed by atoms with Crippen LogP contribution in [0.4, 0.5) is 0 Å². The summed E-state index contributed by atoms with van der Waals surface area (Å²) in [4.78, 5) is 21.9. The summed E-state index contributed by atoms with van der Waals surface area (Å²) >= 11 is 0. The Labute approximate surface area is 86.6 Å². The Hall–Kier alpha value is -2.16. The van der Waals surface area contributed by atoms with E-state index in [1.807, 2.05) is 0 Å². The van der Waals surface area contributed by atoms with Crippen molar-refractivity contribution in [3.63, 3.8) is 0 Å². The molecule has 1 aromatic heterocycles. The van der Waals surface area contributed by atoms with Gasteiger partial charge in [0.1, 0.15) is 6.29 Å². The number of rotatable bonds is 2. The predicted molar refractivity (Wildman–Crippen MR) is 57.4 cm³/mol. The van der Waals surface area contributed by atoms with Crippen molar-refractivity contribution in [3.8, 4) is 5.69 Å². The molecule has 74 valence electrons. The highest BCUT2D eigenvalue weighted by atomic mass is 16.1. The zero-order valence-corrected chi connectivity index (χ0v) is 7.96. The fourth-order valence-corrected chi connectivity index (χ4v) is 1.35. The molecule has 2 rings (SSSR count). The van der Waals surface area contributed by atoms with Gasteiger partial charge in [0.25, 0.3) is 5.56 Å². The van der Waals surface area contributed by atoms with Crippen LogP contribution >= 0.6 is 0 Å². The normalized spacial score (nSPS) is 9.87. The summed E-state index contributed by atoms with van der Waals surface area (Å²) in [6, 6.07) is 11.8. The third-order valence-electron chi connectivity index (χ3n) is 2.13. The van der Waals surface area contributed by atoms with Gasteiger partial charge in [-0.3, -0.25) is 14.2 Å². The third-order valence-corrected chi connectivity index (χ3v) is 2.13. The molecule has 0 saturated carbocycles. The molecule has 1 heterocycles. The van der Waals surface area contributed by atoms with E-state index in [-0.39, 0.29) is 5.56 Å². The van der Waals surface area contributed by atoms with Crippen LogP contribution < -0.4 is 5.56 Å². The van der Waals surface area contributed by atoms with Crippen molar-refractivity contribution in [1.82, 2.24) is 4.57 Å². The van der Waals surface area contributed by atoms with Crippen molar-refractivity contribution < 1.29 is 4.79 Å². The van der Waals surface area contributed by atoms with Crippen molar-refractivity contribution in [2.45, 2.75) is 0 Å². The minimum atomic E-state index is -0.0867. The van der Waals surface area contributed by atoms with Crippen LogP contribution in [0.15, 0.2) is 53.5 Å². The van der Waals surface area contributed by atoms with Crippen molar-refractivity contribution in [2.24, 2.45) is 0 Å². The molecule has 3 heteroatoms. The second-order valence-corrected chi connectivity index (χ2v) is 3.12. The molecule has 2 aromatic rings. The number of carbonyl (C=O) groups excluding carboxylic acids is 1. The van der Waals surface area contributed by atoms with Gasteiger partial charge in [-0.05, 0) is 30.3 Å². The molecule has 3 nitrogen and oxygen atoms in total. The minimum absolute atomic E-state index is 0.0867. The highest BCUT2D eigenvalue weighted by Gasteiger charge is 1.97. The molecule has 0 atom stereocenters. The van der Waals surface area contributed by atoms with E-state index in [0.717, 1.165) is 12.0 Å². The second kappa shape index (κ2) is 3.92. The van der Waals surface area contributed by atoms with E-state index < -0.39 is 0 Å². The van der Waals surface area contributed by atoms with Crippen LogP contribution in [0.2, 0.25) is 0 Å². The molecule has 0 amide bonds. The maximum Gasteiger partial charge on any atom is 0.255 e. The number of aromatic nitrogens is 1. The number of aldehydes is 1. The number of hydrogen-bond donors (Lipinski definition) is 0. The summed E-state index contributed by atoms with van der Waals surface area (Å²) in [6.07, 6.45) is 2.47. The molecule has 0 bridgehead atoms. The van der Waals surface area contributed by atoms with E-state index in [2.05, 4.69) is 0 Å². The van der Waals surface area contributed by atoms with Crippen LogP contribution in [0.3, 0.4) is 0 Å². The van der Waals surface area contributed by atoms with Crippen LogP contribution in [0, 0.1) is 0 Å². The largest absolute Gasteiger partial charge is 0.298 e. The van der Waals surface area contributed by atoms with Gasteiger partial charge in [-0.15, -0.1) is 0 Å². The van der Waals surface area contributed by atoms with Gasteiger partial charge in [0.15, 0.2) is 0 Å². The molecular weight excluding hydrogens is 190 g/mol. The number of hydrogen-bond acceptors (Lipinski definition) is 2. The average molecular weight is 199 g/mol. The highest BCUT2D eigenvalue weighted by molar-refractivity contribution is 5.75. The van der Waals surface area contributed by atoms with Crippen molar-refractivity contribution >= 4 is 6.29 Å². The Morgan fingerprint density at radius 2 is 1.73 bits per heavy atom. The zero-order valence-electron chi connectivity index (χ0n) is 7.96. The summed E-state index contributed by atoms with van der Waals surface area (Å²) in [5, 5.41) is 0. The number of benzene rings is 1. The summed E-state index contributed by atoms with van der Waals surface area (Å²) in [5.41, 5.74) is 1.27. The number of carbonyl (C=O) groups is 1. The fourth-order valence-electron chi connectivity index (χ4n) is 1.35. The summed E-state index contributed by atoms with van der Waals surface area (Å²) < 4.78 is 1.52. The summed E-state index contributed by atoms with van der Waals surface area (Å²) in [6.45, 7) is 0. The van der Waals surface area contributed by atoms with Crippen molar-refractivity contribution in [3.05, 3.63) is 64.6 Å². The van der Waals surface area contributed by atoms with Crippen LogP contribution in [-0.4, -0.2) is 10.9 Å². The lowest BCUT2D eigenvalue weighted by Crippen LogP contribution is -2.15. The number of pyridine rings is 1. The first kappa shape index (κ1) is 9.40. The fraction of sp³-hybridized carbons (Fsp3) is 0. The molecule has 0 aliphatic carbocycles. The van der Waals surface area contributed by atoms with Gasteiger partial charge in [-0.2, -0.15) is 0 Å². The lowest BCUT2D eigenvalue weighted by Gasteiger charge is -2.04. The van der Waals surface area contributed by atoms with Crippen LogP contribution in [0.25, 0.3) is 5.69 Å². The smallest absolute Gasteiger partial charge is 0.255 e. The minimum Gasteiger partial charge on any atom is -0.298 e.